The second-order valence-corrected chi connectivity index (χ2v) is 6.77. The van der Waals surface area contributed by atoms with Crippen LogP contribution in [0.3, 0.4) is 0 Å². The molecule has 0 saturated heterocycles. The van der Waals surface area contributed by atoms with Crippen LogP contribution < -0.4 is 11.5 Å². The molecule has 1 unspecified atom stereocenters. The van der Waals surface area contributed by atoms with E-state index in [0.29, 0.717) is 18.0 Å². The van der Waals surface area contributed by atoms with Crippen molar-refractivity contribution in [3.8, 4) is 0 Å². The monoisotopic (exact) mass is 270 g/mol. The van der Waals surface area contributed by atoms with Gasteiger partial charge < -0.3 is 11.5 Å². The second kappa shape index (κ2) is 6.31. The second-order valence-electron chi connectivity index (χ2n) is 4.49. The Balaban J connectivity index is 2.96. The summed E-state index contributed by atoms with van der Waals surface area (Å²) in [6.07, 6.45) is 0. The SMILES string of the molecule is CCS(=O)(=O)c1ccc(C(C)C(CN)CN)cc1. The Labute approximate surface area is 109 Å². The van der Waals surface area contributed by atoms with E-state index in [1.165, 1.54) is 0 Å². The Hall–Kier alpha value is -0.910. The van der Waals surface area contributed by atoms with Gasteiger partial charge in [0.15, 0.2) is 9.84 Å². The third-order valence-corrected chi connectivity index (χ3v) is 5.21. The number of hydrogen-bond acceptors (Lipinski definition) is 4. The number of rotatable bonds is 6. The molecule has 1 rings (SSSR count). The van der Waals surface area contributed by atoms with Crippen LogP contribution in [0.1, 0.15) is 25.3 Å². The maximum Gasteiger partial charge on any atom is 0.178 e. The first-order valence-corrected chi connectivity index (χ1v) is 7.84. The molecule has 102 valence electrons. The van der Waals surface area contributed by atoms with Crippen molar-refractivity contribution in [2.75, 3.05) is 18.8 Å². The molecular weight excluding hydrogens is 248 g/mol. The Morgan fingerprint density at radius 2 is 1.61 bits per heavy atom. The van der Waals surface area contributed by atoms with Crippen molar-refractivity contribution in [1.29, 1.82) is 0 Å². The van der Waals surface area contributed by atoms with Gasteiger partial charge in [0.05, 0.1) is 10.6 Å². The van der Waals surface area contributed by atoms with Gasteiger partial charge in [0, 0.05) is 0 Å². The summed E-state index contributed by atoms with van der Waals surface area (Å²) in [5.74, 6) is 0.577. The molecule has 0 fully saturated rings. The lowest BCUT2D eigenvalue weighted by atomic mass is 9.88. The smallest absolute Gasteiger partial charge is 0.178 e. The van der Waals surface area contributed by atoms with E-state index in [1.807, 2.05) is 12.1 Å². The largest absolute Gasteiger partial charge is 0.330 e. The molecule has 0 radical (unpaired) electrons. The zero-order valence-electron chi connectivity index (χ0n) is 11.0. The lowest BCUT2D eigenvalue weighted by molar-refractivity contribution is 0.466. The Bertz CT molecular complexity index is 464. The average molecular weight is 270 g/mol. The molecule has 4 nitrogen and oxygen atoms in total. The molecule has 1 aromatic carbocycles. The van der Waals surface area contributed by atoms with Gasteiger partial charge in [-0.05, 0) is 42.6 Å². The summed E-state index contributed by atoms with van der Waals surface area (Å²) >= 11 is 0. The third kappa shape index (κ3) is 3.31. The van der Waals surface area contributed by atoms with Crippen LogP contribution >= 0.6 is 0 Å². The van der Waals surface area contributed by atoms with Crippen LogP contribution in [-0.4, -0.2) is 27.3 Å². The van der Waals surface area contributed by atoms with Crippen LogP contribution in [0.25, 0.3) is 0 Å². The van der Waals surface area contributed by atoms with E-state index in [-0.39, 0.29) is 17.6 Å². The number of hydrogen-bond donors (Lipinski definition) is 2. The predicted octanol–water partition coefficient (Wildman–Crippen LogP) is 1.12. The zero-order valence-corrected chi connectivity index (χ0v) is 11.8. The van der Waals surface area contributed by atoms with Gasteiger partial charge >= 0.3 is 0 Å². The number of sulfone groups is 1. The Kier molecular flexibility index (Phi) is 5.31. The van der Waals surface area contributed by atoms with Crippen LogP contribution in [0.5, 0.6) is 0 Å². The number of benzene rings is 1. The van der Waals surface area contributed by atoms with E-state index < -0.39 is 9.84 Å². The standard InChI is InChI=1S/C13H22N2O2S/c1-3-18(16,17)13-6-4-11(5-7-13)10(2)12(8-14)9-15/h4-7,10,12H,3,8-9,14-15H2,1-2H3. The van der Waals surface area contributed by atoms with Crippen LogP contribution in [0.2, 0.25) is 0 Å². The maximum absolute atomic E-state index is 11.7. The van der Waals surface area contributed by atoms with Gasteiger partial charge in [-0.2, -0.15) is 0 Å². The van der Waals surface area contributed by atoms with E-state index in [0.717, 1.165) is 5.56 Å². The molecule has 0 aliphatic rings. The highest BCUT2D eigenvalue weighted by Crippen LogP contribution is 2.24. The minimum Gasteiger partial charge on any atom is -0.330 e. The molecule has 0 amide bonds. The van der Waals surface area contributed by atoms with Crippen LogP contribution in [0, 0.1) is 5.92 Å². The zero-order chi connectivity index (χ0) is 13.8. The summed E-state index contributed by atoms with van der Waals surface area (Å²) < 4.78 is 23.4. The van der Waals surface area contributed by atoms with Crippen molar-refractivity contribution >= 4 is 9.84 Å². The molecule has 0 heterocycles. The van der Waals surface area contributed by atoms with E-state index in [9.17, 15) is 8.42 Å². The summed E-state index contributed by atoms with van der Waals surface area (Å²) in [6.45, 7) is 4.78. The van der Waals surface area contributed by atoms with E-state index >= 15 is 0 Å². The maximum atomic E-state index is 11.7. The van der Waals surface area contributed by atoms with Gasteiger partial charge in [0.1, 0.15) is 0 Å². The topological polar surface area (TPSA) is 86.2 Å². The summed E-state index contributed by atoms with van der Waals surface area (Å²) in [7, 11) is -3.12. The van der Waals surface area contributed by atoms with Gasteiger partial charge in [-0.1, -0.05) is 26.0 Å². The minimum absolute atomic E-state index is 0.121. The van der Waals surface area contributed by atoms with Gasteiger partial charge in [0.25, 0.3) is 0 Å². The molecule has 4 N–H and O–H groups in total. The highest BCUT2D eigenvalue weighted by atomic mass is 32.2. The predicted molar refractivity (Wildman–Crippen MR) is 74.2 cm³/mol. The summed E-state index contributed by atoms with van der Waals surface area (Å²) in [6, 6.07) is 7.03. The fourth-order valence-corrected chi connectivity index (χ4v) is 2.81. The fraction of sp³-hybridized carbons (Fsp3) is 0.538. The molecule has 0 aliphatic carbocycles. The summed E-state index contributed by atoms with van der Waals surface area (Å²) in [5, 5.41) is 0. The molecule has 0 saturated carbocycles. The van der Waals surface area contributed by atoms with E-state index in [4.69, 9.17) is 11.5 Å². The van der Waals surface area contributed by atoms with Crippen molar-refractivity contribution in [3.63, 3.8) is 0 Å². The quantitative estimate of drug-likeness (QED) is 0.811. The van der Waals surface area contributed by atoms with Crippen molar-refractivity contribution in [2.45, 2.75) is 24.7 Å². The third-order valence-electron chi connectivity index (χ3n) is 3.46. The normalized spacial score (nSPS) is 13.8. The highest BCUT2D eigenvalue weighted by molar-refractivity contribution is 7.91. The highest BCUT2D eigenvalue weighted by Gasteiger charge is 2.17. The molecular formula is C13H22N2O2S. The van der Waals surface area contributed by atoms with Gasteiger partial charge in [-0.15, -0.1) is 0 Å². The van der Waals surface area contributed by atoms with Crippen molar-refractivity contribution in [2.24, 2.45) is 17.4 Å². The first-order valence-electron chi connectivity index (χ1n) is 6.19. The van der Waals surface area contributed by atoms with E-state index in [1.54, 1.807) is 19.1 Å². The van der Waals surface area contributed by atoms with Crippen LogP contribution in [0.4, 0.5) is 0 Å². The molecule has 1 aromatic rings. The molecule has 5 heteroatoms. The van der Waals surface area contributed by atoms with Crippen molar-refractivity contribution in [1.82, 2.24) is 0 Å². The first kappa shape index (κ1) is 15.1. The molecule has 1 atom stereocenters. The lowest BCUT2D eigenvalue weighted by Crippen LogP contribution is -2.27. The average Bonchev–Trinajstić information content (AvgIpc) is 2.40. The lowest BCUT2D eigenvalue weighted by Gasteiger charge is -2.21. The molecule has 0 aliphatic heterocycles. The fourth-order valence-electron chi connectivity index (χ4n) is 1.92. The van der Waals surface area contributed by atoms with Crippen LogP contribution in [0.15, 0.2) is 29.2 Å². The van der Waals surface area contributed by atoms with Crippen molar-refractivity contribution in [3.05, 3.63) is 29.8 Å². The number of nitrogens with two attached hydrogens (primary N) is 2. The van der Waals surface area contributed by atoms with Gasteiger partial charge in [0.2, 0.25) is 0 Å². The summed E-state index contributed by atoms with van der Waals surface area (Å²) in [4.78, 5) is 0.373. The minimum atomic E-state index is -3.12. The Morgan fingerprint density at radius 3 is 2.00 bits per heavy atom. The summed E-state index contributed by atoms with van der Waals surface area (Å²) in [5.41, 5.74) is 12.4. The molecule has 18 heavy (non-hydrogen) atoms. The van der Waals surface area contributed by atoms with Gasteiger partial charge in [-0.3, -0.25) is 0 Å². The molecule has 0 spiro atoms. The van der Waals surface area contributed by atoms with Gasteiger partial charge in [-0.25, -0.2) is 8.42 Å². The van der Waals surface area contributed by atoms with Crippen molar-refractivity contribution < 1.29 is 8.42 Å². The molecule has 0 aromatic heterocycles. The Morgan fingerprint density at radius 1 is 1.11 bits per heavy atom. The first-order chi connectivity index (χ1) is 8.46. The molecule has 0 bridgehead atoms. The van der Waals surface area contributed by atoms with E-state index in [2.05, 4.69) is 6.92 Å². The van der Waals surface area contributed by atoms with Crippen LogP contribution in [-0.2, 0) is 9.84 Å².